The molecule has 0 atom stereocenters. The lowest BCUT2D eigenvalue weighted by atomic mass is 10.1. The molecule has 0 amide bonds. The van der Waals surface area contributed by atoms with E-state index in [9.17, 15) is 0 Å². The lowest BCUT2D eigenvalue weighted by molar-refractivity contribution is 0.318. The third kappa shape index (κ3) is 2.09. The van der Waals surface area contributed by atoms with Gasteiger partial charge in [0.15, 0.2) is 0 Å². The van der Waals surface area contributed by atoms with Gasteiger partial charge in [-0.2, -0.15) is 0 Å². The molecule has 0 aromatic heterocycles. The Kier molecular flexibility index (Phi) is 3.33. The molecule has 0 fully saturated rings. The average Bonchev–Trinajstić information content (AvgIpc) is 2.15. The SMILES string of the molecule is CCC/C(=N\O)c1ccccc1. The summed E-state index contributed by atoms with van der Waals surface area (Å²) in [7, 11) is 0. The largest absolute Gasteiger partial charge is 0.411 e. The lowest BCUT2D eigenvalue weighted by Crippen LogP contribution is -1.99. The molecule has 12 heavy (non-hydrogen) atoms. The molecule has 0 saturated heterocycles. The molecule has 0 spiro atoms. The molecule has 2 nitrogen and oxygen atoms in total. The summed E-state index contributed by atoms with van der Waals surface area (Å²) in [5.41, 5.74) is 1.76. The summed E-state index contributed by atoms with van der Waals surface area (Å²) in [5, 5.41) is 12.0. The van der Waals surface area contributed by atoms with Crippen LogP contribution >= 0.6 is 0 Å². The van der Waals surface area contributed by atoms with Crippen molar-refractivity contribution in [1.29, 1.82) is 0 Å². The van der Waals surface area contributed by atoms with Crippen LogP contribution in [0.15, 0.2) is 35.5 Å². The maximum absolute atomic E-state index is 8.70. The predicted molar refractivity (Wildman–Crippen MR) is 49.7 cm³/mol. The van der Waals surface area contributed by atoms with E-state index < -0.39 is 0 Å². The highest BCUT2D eigenvalue weighted by atomic mass is 16.4. The first-order chi connectivity index (χ1) is 5.88. The standard InChI is InChI=1S/C10H13NO/c1-2-6-10(11-12)9-7-4-3-5-8-9/h3-5,7-8,12H,2,6H2,1H3/b11-10+. The van der Waals surface area contributed by atoms with Crippen LogP contribution in [0.4, 0.5) is 0 Å². The number of rotatable bonds is 3. The van der Waals surface area contributed by atoms with Crippen molar-refractivity contribution in [1.82, 2.24) is 0 Å². The number of benzene rings is 1. The summed E-state index contributed by atoms with van der Waals surface area (Å²) in [6, 6.07) is 9.73. The Hall–Kier alpha value is -1.31. The van der Waals surface area contributed by atoms with Crippen molar-refractivity contribution >= 4 is 5.71 Å². The first-order valence-corrected chi connectivity index (χ1v) is 4.14. The average molecular weight is 163 g/mol. The zero-order valence-electron chi connectivity index (χ0n) is 7.20. The van der Waals surface area contributed by atoms with Crippen LogP contribution in [-0.2, 0) is 0 Å². The van der Waals surface area contributed by atoms with Gasteiger partial charge in [-0.1, -0.05) is 48.8 Å². The molecule has 1 aromatic carbocycles. The van der Waals surface area contributed by atoms with Gasteiger partial charge in [0.25, 0.3) is 0 Å². The van der Waals surface area contributed by atoms with Crippen LogP contribution in [0.1, 0.15) is 25.3 Å². The van der Waals surface area contributed by atoms with Gasteiger partial charge in [-0.05, 0) is 12.0 Å². The van der Waals surface area contributed by atoms with E-state index in [0.29, 0.717) is 0 Å². The first kappa shape index (κ1) is 8.78. The summed E-state index contributed by atoms with van der Waals surface area (Å²) in [4.78, 5) is 0. The Bertz CT molecular complexity index is 254. The van der Waals surface area contributed by atoms with Crippen LogP contribution in [0.3, 0.4) is 0 Å². The Labute approximate surface area is 72.5 Å². The normalized spacial score (nSPS) is 11.6. The van der Waals surface area contributed by atoms with Crippen molar-refractivity contribution in [3.05, 3.63) is 35.9 Å². The molecule has 0 heterocycles. The van der Waals surface area contributed by atoms with Gasteiger partial charge >= 0.3 is 0 Å². The van der Waals surface area contributed by atoms with Crippen LogP contribution < -0.4 is 0 Å². The Morgan fingerprint density at radius 2 is 2.00 bits per heavy atom. The van der Waals surface area contributed by atoms with Gasteiger partial charge in [0.1, 0.15) is 0 Å². The quantitative estimate of drug-likeness (QED) is 0.414. The fraction of sp³-hybridized carbons (Fsp3) is 0.300. The summed E-state index contributed by atoms with van der Waals surface area (Å²) in [6.07, 6.45) is 1.81. The molecule has 0 bridgehead atoms. The van der Waals surface area contributed by atoms with Crippen molar-refractivity contribution in [2.45, 2.75) is 19.8 Å². The molecule has 0 unspecified atom stereocenters. The lowest BCUT2D eigenvalue weighted by Gasteiger charge is -2.00. The van der Waals surface area contributed by atoms with E-state index in [1.807, 2.05) is 30.3 Å². The maximum Gasteiger partial charge on any atom is 0.0867 e. The van der Waals surface area contributed by atoms with E-state index in [1.165, 1.54) is 0 Å². The first-order valence-electron chi connectivity index (χ1n) is 4.14. The highest BCUT2D eigenvalue weighted by molar-refractivity contribution is 6.00. The summed E-state index contributed by atoms with van der Waals surface area (Å²) in [5.74, 6) is 0. The second kappa shape index (κ2) is 4.54. The molecule has 1 rings (SSSR count). The van der Waals surface area contributed by atoms with Gasteiger partial charge < -0.3 is 5.21 Å². The molecule has 0 aliphatic heterocycles. The molecule has 0 radical (unpaired) electrons. The third-order valence-electron chi connectivity index (χ3n) is 1.71. The highest BCUT2D eigenvalue weighted by Gasteiger charge is 2.00. The Balaban J connectivity index is 2.82. The minimum Gasteiger partial charge on any atom is -0.411 e. The van der Waals surface area contributed by atoms with Crippen LogP contribution in [0.5, 0.6) is 0 Å². The van der Waals surface area contributed by atoms with E-state index in [-0.39, 0.29) is 0 Å². The number of oxime groups is 1. The van der Waals surface area contributed by atoms with Crippen molar-refractivity contribution in [2.75, 3.05) is 0 Å². The fourth-order valence-corrected chi connectivity index (χ4v) is 1.12. The molecule has 1 aromatic rings. The zero-order chi connectivity index (χ0) is 8.81. The van der Waals surface area contributed by atoms with E-state index in [1.54, 1.807) is 0 Å². The van der Waals surface area contributed by atoms with Crippen molar-refractivity contribution < 1.29 is 5.21 Å². The van der Waals surface area contributed by atoms with Crippen molar-refractivity contribution in [3.63, 3.8) is 0 Å². The van der Waals surface area contributed by atoms with Crippen LogP contribution in [-0.4, -0.2) is 10.9 Å². The number of hydrogen-bond acceptors (Lipinski definition) is 2. The summed E-state index contributed by atoms with van der Waals surface area (Å²) in [6.45, 7) is 2.06. The predicted octanol–water partition coefficient (Wildman–Crippen LogP) is 2.67. The van der Waals surface area contributed by atoms with Gasteiger partial charge in [-0.25, -0.2) is 0 Å². The second-order valence-electron chi connectivity index (χ2n) is 2.66. The summed E-state index contributed by atoms with van der Waals surface area (Å²) < 4.78 is 0. The zero-order valence-corrected chi connectivity index (χ0v) is 7.20. The second-order valence-corrected chi connectivity index (χ2v) is 2.66. The minimum atomic E-state index is 0.762. The monoisotopic (exact) mass is 163 g/mol. The summed E-state index contributed by atoms with van der Waals surface area (Å²) >= 11 is 0. The Morgan fingerprint density at radius 1 is 1.33 bits per heavy atom. The molecule has 0 aliphatic carbocycles. The number of nitrogens with zero attached hydrogens (tertiary/aromatic N) is 1. The minimum absolute atomic E-state index is 0.762. The van der Waals surface area contributed by atoms with Gasteiger partial charge in [0.2, 0.25) is 0 Å². The Morgan fingerprint density at radius 3 is 2.50 bits per heavy atom. The van der Waals surface area contributed by atoms with Crippen molar-refractivity contribution in [3.8, 4) is 0 Å². The van der Waals surface area contributed by atoms with Crippen molar-refractivity contribution in [2.24, 2.45) is 5.16 Å². The van der Waals surface area contributed by atoms with Crippen LogP contribution in [0.25, 0.3) is 0 Å². The highest BCUT2D eigenvalue weighted by Crippen LogP contribution is 2.05. The van der Waals surface area contributed by atoms with E-state index in [2.05, 4.69) is 12.1 Å². The fourth-order valence-electron chi connectivity index (χ4n) is 1.12. The van der Waals surface area contributed by atoms with Gasteiger partial charge in [-0.3, -0.25) is 0 Å². The molecular formula is C10H13NO. The number of hydrogen-bond donors (Lipinski definition) is 1. The third-order valence-corrected chi connectivity index (χ3v) is 1.71. The molecule has 64 valence electrons. The van der Waals surface area contributed by atoms with E-state index in [0.717, 1.165) is 24.1 Å². The molecule has 0 saturated carbocycles. The molecule has 0 aliphatic rings. The van der Waals surface area contributed by atoms with E-state index >= 15 is 0 Å². The van der Waals surface area contributed by atoms with E-state index in [4.69, 9.17) is 5.21 Å². The molecule has 2 heteroatoms. The van der Waals surface area contributed by atoms with Crippen LogP contribution in [0.2, 0.25) is 0 Å². The van der Waals surface area contributed by atoms with Gasteiger partial charge in [0.05, 0.1) is 5.71 Å². The molecule has 1 N–H and O–H groups in total. The molecular weight excluding hydrogens is 150 g/mol. The van der Waals surface area contributed by atoms with Gasteiger partial charge in [0, 0.05) is 0 Å². The maximum atomic E-state index is 8.70. The smallest absolute Gasteiger partial charge is 0.0867 e. The topological polar surface area (TPSA) is 32.6 Å². The van der Waals surface area contributed by atoms with Crippen LogP contribution in [0, 0.1) is 0 Å². The van der Waals surface area contributed by atoms with Gasteiger partial charge in [-0.15, -0.1) is 0 Å².